The largest absolute Gasteiger partial charge is 0.324 e. The number of halogens is 1. The minimum atomic E-state index is -0.603. The van der Waals surface area contributed by atoms with E-state index < -0.39 is 22.0 Å². The van der Waals surface area contributed by atoms with E-state index in [1.54, 1.807) is 72.8 Å². The van der Waals surface area contributed by atoms with Crippen molar-refractivity contribution in [1.29, 1.82) is 0 Å². The van der Waals surface area contributed by atoms with Gasteiger partial charge in [0.25, 0.3) is 17.5 Å². The third-order valence-electron chi connectivity index (χ3n) is 6.11. The van der Waals surface area contributed by atoms with Crippen LogP contribution >= 0.6 is 23.4 Å². The lowest BCUT2D eigenvalue weighted by molar-refractivity contribution is -0.384. The van der Waals surface area contributed by atoms with Gasteiger partial charge in [0.15, 0.2) is 0 Å². The number of thioether (sulfide) groups is 1. The van der Waals surface area contributed by atoms with Crippen molar-refractivity contribution < 1.29 is 19.3 Å². The van der Waals surface area contributed by atoms with Crippen molar-refractivity contribution in [2.24, 2.45) is 0 Å². The summed E-state index contributed by atoms with van der Waals surface area (Å²) in [6.45, 7) is 1.90. The third-order valence-corrected chi connectivity index (χ3v) is 7.80. The van der Waals surface area contributed by atoms with Gasteiger partial charge in [0.1, 0.15) is 5.70 Å². The van der Waals surface area contributed by atoms with Gasteiger partial charge < -0.3 is 16.0 Å². The van der Waals surface area contributed by atoms with E-state index in [9.17, 15) is 24.5 Å². The van der Waals surface area contributed by atoms with Crippen LogP contribution in [0.25, 0.3) is 6.08 Å². The number of para-hydroxylation sites is 1. The number of anilines is 2. The first-order valence-corrected chi connectivity index (χ1v) is 14.4. The van der Waals surface area contributed by atoms with Gasteiger partial charge in [-0.25, -0.2) is 0 Å². The van der Waals surface area contributed by atoms with Crippen LogP contribution in [0.2, 0.25) is 5.02 Å². The van der Waals surface area contributed by atoms with E-state index in [4.69, 9.17) is 11.6 Å². The molecule has 0 aromatic heterocycles. The second-order valence-corrected chi connectivity index (χ2v) is 10.9. The smallest absolute Gasteiger partial charge is 0.272 e. The topological polar surface area (TPSA) is 130 Å². The highest BCUT2D eigenvalue weighted by Crippen LogP contribution is 2.30. The number of benzene rings is 4. The Kier molecular flexibility index (Phi) is 10.7. The number of nitrogens with zero attached hydrogens (tertiary/aromatic N) is 1. The Bertz CT molecular complexity index is 1660. The zero-order valence-corrected chi connectivity index (χ0v) is 24.5. The average Bonchev–Trinajstić information content (AvgIpc) is 3.01. The molecule has 0 fully saturated rings. The molecule has 3 N–H and O–H groups in total. The number of nitro groups is 1. The molecule has 4 aromatic rings. The van der Waals surface area contributed by atoms with E-state index >= 15 is 0 Å². The van der Waals surface area contributed by atoms with Gasteiger partial charge in [-0.1, -0.05) is 54.9 Å². The van der Waals surface area contributed by atoms with Gasteiger partial charge in [-0.2, -0.15) is 0 Å². The molecular weight excluding hydrogens is 588 g/mol. The summed E-state index contributed by atoms with van der Waals surface area (Å²) < 4.78 is 0. The minimum absolute atomic E-state index is 0.0636. The van der Waals surface area contributed by atoms with Crippen LogP contribution in [0.4, 0.5) is 17.1 Å². The molecule has 218 valence electrons. The predicted molar refractivity (Wildman–Crippen MR) is 170 cm³/mol. The number of hydrogen-bond donors (Lipinski definition) is 3. The lowest BCUT2D eigenvalue weighted by Gasteiger charge is -2.16. The molecule has 0 heterocycles. The van der Waals surface area contributed by atoms with Crippen LogP contribution in [0.1, 0.15) is 29.3 Å². The summed E-state index contributed by atoms with van der Waals surface area (Å²) in [5.74, 6) is -1.30. The molecule has 43 heavy (non-hydrogen) atoms. The summed E-state index contributed by atoms with van der Waals surface area (Å²) in [5.41, 5.74) is 1.63. The summed E-state index contributed by atoms with van der Waals surface area (Å²) in [6.07, 6.45) is 1.98. The Morgan fingerprint density at radius 2 is 1.60 bits per heavy atom. The van der Waals surface area contributed by atoms with Gasteiger partial charge in [-0.05, 0) is 72.7 Å². The lowest BCUT2D eigenvalue weighted by atomic mass is 10.1. The fourth-order valence-electron chi connectivity index (χ4n) is 3.91. The van der Waals surface area contributed by atoms with Crippen LogP contribution in [0.5, 0.6) is 0 Å². The van der Waals surface area contributed by atoms with Crippen LogP contribution in [0.3, 0.4) is 0 Å². The molecule has 4 aromatic carbocycles. The highest BCUT2D eigenvalue weighted by molar-refractivity contribution is 8.00. The Morgan fingerprint density at radius 1 is 0.907 bits per heavy atom. The first-order valence-electron chi connectivity index (χ1n) is 13.2. The first kappa shape index (κ1) is 31.0. The summed E-state index contributed by atoms with van der Waals surface area (Å²) in [5, 5.41) is 19.4. The van der Waals surface area contributed by atoms with Crippen molar-refractivity contribution in [2.75, 3.05) is 10.6 Å². The van der Waals surface area contributed by atoms with Gasteiger partial charge in [0.2, 0.25) is 5.91 Å². The van der Waals surface area contributed by atoms with Crippen LogP contribution in [-0.4, -0.2) is 27.9 Å². The molecular formula is C32H27ClN4O5S. The molecule has 0 spiro atoms. The molecule has 0 saturated heterocycles. The molecule has 3 amide bonds. The maximum absolute atomic E-state index is 13.4. The first-order chi connectivity index (χ1) is 20.7. The maximum Gasteiger partial charge on any atom is 0.272 e. The number of hydrogen-bond acceptors (Lipinski definition) is 6. The molecule has 4 rings (SSSR count). The second-order valence-electron chi connectivity index (χ2n) is 9.19. The number of amides is 3. The number of non-ortho nitro benzene ring substituents is 1. The molecule has 0 aliphatic rings. The monoisotopic (exact) mass is 614 g/mol. The van der Waals surface area contributed by atoms with Gasteiger partial charge >= 0.3 is 0 Å². The van der Waals surface area contributed by atoms with Gasteiger partial charge in [-0.3, -0.25) is 24.5 Å². The SMILES string of the molecule is CCC(Sc1cccc(NC(=O)/C(=C\c2ccc([N+](=O)[O-])cc2)NC(=O)c2ccccc2)c1)C(=O)Nc1ccccc1Cl. The van der Waals surface area contributed by atoms with E-state index in [1.165, 1.54) is 42.1 Å². The van der Waals surface area contributed by atoms with Crippen LogP contribution < -0.4 is 16.0 Å². The standard InChI is InChI=1S/C32H27ClN4O5S/c1-2-29(32(40)35-27-14-7-6-13-26(27)33)43-25-12-8-11-23(20-25)34-31(39)28(36-30(38)22-9-4-3-5-10-22)19-21-15-17-24(18-16-21)37(41)42/h3-20,29H,2H2,1H3,(H,34,39)(H,35,40)(H,36,38)/b28-19+. The molecule has 0 saturated carbocycles. The van der Waals surface area contributed by atoms with Crippen molar-refractivity contribution in [1.82, 2.24) is 5.32 Å². The Morgan fingerprint density at radius 3 is 2.28 bits per heavy atom. The van der Waals surface area contributed by atoms with E-state index in [1.807, 2.05) is 13.0 Å². The normalized spacial score (nSPS) is 11.7. The average molecular weight is 615 g/mol. The van der Waals surface area contributed by atoms with Crippen LogP contribution in [0.15, 0.2) is 114 Å². The number of rotatable bonds is 11. The van der Waals surface area contributed by atoms with Gasteiger partial charge in [0, 0.05) is 28.3 Å². The lowest BCUT2D eigenvalue weighted by Crippen LogP contribution is -2.30. The van der Waals surface area contributed by atoms with Gasteiger partial charge in [-0.15, -0.1) is 11.8 Å². The van der Waals surface area contributed by atoms with Crippen LogP contribution in [0, 0.1) is 10.1 Å². The van der Waals surface area contributed by atoms with Crippen LogP contribution in [-0.2, 0) is 9.59 Å². The van der Waals surface area contributed by atoms with E-state index in [-0.39, 0.29) is 17.3 Å². The molecule has 9 nitrogen and oxygen atoms in total. The second kappa shape index (κ2) is 14.8. The molecule has 1 atom stereocenters. The summed E-state index contributed by atoms with van der Waals surface area (Å²) in [7, 11) is 0. The van der Waals surface area contributed by atoms with Crippen molar-refractivity contribution in [3.8, 4) is 0 Å². The van der Waals surface area contributed by atoms with E-state index in [0.717, 1.165) is 4.90 Å². The van der Waals surface area contributed by atoms with E-state index in [0.29, 0.717) is 33.9 Å². The molecule has 0 radical (unpaired) electrons. The number of carbonyl (C=O) groups excluding carboxylic acids is 3. The Hall–Kier alpha value is -4.93. The fraction of sp³-hybridized carbons (Fsp3) is 0.0938. The molecule has 0 aliphatic heterocycles. The van der Waals surface area contributed by atoms with Gasteiger partial charge in [0.05, 0.1) is 20.9 Å². The maximum atomic E-state index is 13.4. The van der Waals surface area contributed by atoms with Crippen molar-refractivity contribution in [2.45, 2.75) is 23.5 Å². The predicted octanol–water partition coefficient (Wildman–Crippen LogP) is 7.17. The highest BCUT2D eigenvalue weighted by atomic mass is 35.5. The van der Waals surface area contributed by atoms with E-state index in [2.05, 4.69) is 16.0 Å². The zero-order valence-electron chi connectivity index (χ0n) is 23.0. The van der Waals surface area contributed by atoms with Crippen molar-refractivity contribution in [3.63, 3.8) is 0 Å². The Balaban J connectivity index is 1.52. The zero-order chi connectivity index (χ0) is 30.8. The fourth-order valence-corrected chi connectivity index (χ4v) is 5.11. The third kappa shape index (κ3) is 8.78. The van der Waals surface area contributed by atoms with Crippen molar-refractivity contribution in [3.05, 3.63) is 135 Å². The Labute approximate surface area is 257 Å². The number of carbonyl (C=O) groups is 3. The summed E-state index contributed by atoms with van der Waals surface area (Å²) in [4.78, 5) is 50.5. The van der Waals surface area contributed by atoms with Crippen molar-refractivity contribution >= 4 is 64.2 Å². The molecule has 0 aliphatic carbocycles. The number of nitro benzene ring substituents is 1. The highest BCUT2D eigenvalue weighted by Gasteiger charge is 2.20. The molecule has 1 unspecified atom stereocenters. The molecule has 11 heteroatoms. The minimum Gasteiger partial charge on any atom is -0.324 e. The summed E-state index contributed by atoms with van der Waals surface area (Å²) >= 11 is 7.53. The number of nitrogens with one attached hydrogen (secondary N) is 3. The molecule has 0 bridgehead atoms. The summed E-state index contributed by atoms with van der Waals surface area (Å²) in [6, 6.07) is 28.0. The quantitative estimate of drug-likeness (QED) is 0.0711.